The number of thiophene rings is 1. The topological polar surface area (TPSA) is 91.9 Å². The molecule has 1 amide bonds. The van der Waals surface area contributed by atoms with Crippen LogP contribution in [0.15, 0.2) is 35.1 Å². The molecule has 2 heterocycles. The van der Waals surface area contributed by atoms with Crippen molar-refractivity contribution in [3.63, 3.8) is 0 Å². The number of nitrogens with one attached hydrogen (secondary N) is 2. The number of carbonyl (C=O) groups is 1. The molecule has 0 aliphatic heterocycles. The van der Waals surface area contributed by atoms with Crippen LogP contribution in [0.3, 0.4) is 0 Å². The Bertz CT molecular complexity index is 714. The van der Waals surface area contributed by atoms with Gasteiger partial charge in [0.25, 0.3) is 0 Å². The second-order valence-electron chi connectivity index (χ2n) is 6.04. The first-order chi connectivity index (χ1) is 10.2. The Morgan fingerprint density at radius 3 is 2.68 bits per heavy atom. The molecule has 0 aliphatic rings. The minimum atomic E-state index is -3.75. The van der Waals surface area contributed by atoms with Gasteiger partial charge in [0.05, 0.1) is 6.04 Å². The van der Waals surface area contributed by atoms with E-state index in [4.69, 9.17) is 0 Å². The van der Waals surface area contributed by atoms with Gasteiger partial charge in [-0.2, -0.15) is 0 Å². The van der Waals surface area contributed by atoms with Crippen molar-refractivity contribution in [1.82, 2.24) is 15.3 Å². The van der Waals surface area contributed by atoms with Crippen LogP contribution < -0.4 is 5.32 Å². The van der Waals surface area contributed by atoms with Gasteiger partial charge >= 0.3 is 0 Å². The van der Waals surface area contributed by atoms with Gasteiger partial charge in [-0.15, -0.1) is 11.3 Å². The molecule has 1 atom stereocenters. The van der Waals surface area contributed by atoms with Crippen molar-refractivity contribution in [2.45, 2.75) is 32.0 Å². The van der Waals surface area contributed by atoms with Crippen LogP contribution in [0.5, 0.6) is 0 Å². The van der Waals surface area contributed by atoms with Crippen LogP contribution in [-0.4, -0.2) is 30.0 Å². The van der Waals surface area contributed by atoms with Crippen molar-refractivity contribution < 1.29 is 13.2 Å². The quantitative estimate of drug-likeness (QED) is 0.871. The molecule has 6 nitrogen and oxygen atoms in total. The average Bonchev–Trinajstić information content (AvgIpc) is 3.07. The molecule has 2 aromatic rings. The van der Waals surface area contributed by atoms with Crippen molar-refractivity contribution in [2.24, 2.45) is 5.41 Å². The third-order valence-corrected chi connectivity index (χ3v) is 5.48. The minimum Gasteiger partial charge on any atom is -0.347 e. The summed E-state index contributed by atoms with van der Waals surface area (Å²) in [6.45, 7) is 6.00. The monoisotopic (exact) mass is 341 g/mol. The maximum absolute atomic E-state index is 12.2. The largest absolute Gasteiger partial charge is 0.347 e. The molecule has 22 heavy (non-hydrogen) atoms. The van der Waals surface area contributed by atoms with E-state index in [1.807, 2.05) is 38.3 Å². The van der Waals surface area contributed by atoms with E-state index in [9.17, 15) is 13.2 Å². The second kappa shape index (κ2) is 6.21. The van der Waals surface area contributed by atoms with E-state index in [1.54, 1.807) is 0 Å². The van der Waals surface area contributed by atoms with E-state index in [-0.39, 0.29) is 16.6 Å². The molecular formula is C14H19N3O3S2. The summed E-state index contributed by atoms with van der Waals surface area (Å²) >= 11 is 1.53. The van der Waals surface area contributed by atoms with Gasteiger partial charge in [-0.05, 0) is 16.9 Å². The summed E-state index contributed by atoms with van der Waals surface area (Å²) in [5.41, 5.74) is -0.227. The van der Waals surface area contributed by atoms with E-state index in [2.05, 4.69) is 15.3 Å². The Kier molecular flexibility index (Phi) is 4.72. The van der Waals surface area contributed by atoms with E-state index in [1.165, 1.54) is 23.7 Å². The molecule has 0 unspecified atom stereocenters. The predicted molar refractivity (Wildman–Crippen MR) is 85.3 cm³/mol. The summed E-state index contributed by atoms with van der Waals surface area (Å²) < 4.78 is 24.1. The fourth-order valence-corrected chi connectivity index (χ4v) is 4.09. The first-order valence-corrected chi connectivity index (χ1v) is 9.28. The Morgan fingerprint density at radius 1 is 1.45 bits per heavy atom. The van der Waals surface area contributed by atoms with Crippen molar-refractivity contribution in [1.29, 1.82) is 0 Å². The van der Waals surface area contributed by atoms with Crippen LogP contribution in [0.1, 0.15) is 31.7 Å². The number of hydrogen-bond acceptors (Lipinski definition) is 5. The zero-order valence-electron chi connectivity index (χ0n) is 12.7. The van der Waals surface area contributed by atoms with Crippen molar-refractivity contribution in [3.8, 4) is 0 Å². The lowest BCUT2D eigenvalue weighted by atomic mass is 9.86. The summed E-state index contributed by atoms with van der Waals surface area (Å²) in [5, 5.41) is 4.57. The summed E-state index contributed by atoms with van der Waals surface area (Å²) in [6.07, 6.45) is 2.75. The highest BCUT2D eigenvalue weighted by Crippen LogP contribution is 2.35. The summed E-state index contributed by atoms with van der Waals surface area (Å²) in [6, 6.07) is 3.60. The number of carbonyl (C=O) groups excluding carboxylic acids is 1. The lowest BCUT2D eigenvalue weighted by molar-refractivity contribution is -0.120. The molecule has 2 aromatic heterocycles. The molecular weight excluding hydrogens is 322 g/mol. The minimum absolute atomic E-state index is 0.189. The standard InChI is InChI=1S/C14H19N3O3S2/c1-14(2,3)12(10-5-4-8-21-10)17-11(18)9-22(19,20)13-15-6-7-16-13/h4-8,12H,9H2,1-3H3,(H,15,16)(H,17,18)/t12-/m1/s1. The fraction of sp³-hybridized carbons (Fsp3) is 0.429. The maximum Gasteiger partial charge on any atom is 0.236 e. The van der Waals surface area contributed by atoms with Crippen LogP contribution in [0.2, 0.25) is 0 Å². The first-order valence-electron chi connectivity index (χ1n) is 6.75. The van der Waals surface area contributed by atoms with Gasteiger partial charge in [0.15, 0.2) is 0 Å². The zero-order valence-corrected chi connectivity index (χ0v) is 14.3. The lowest BCUT2D eigenvalue weighted by Gasteiger charge is -2.30. The van der Waals surface area contributed by atoms with Gasteiger partial charge in [0, 0.05) is 17.3 Å². The van der Waals surface area contributed by atoms with Crippen LogP contribution in [0.4, 0.5) is 0 Å². The van der Waals surface area contributed by atoms with E-state index < -0.39 is 21.5 Å². The number of rotatable bonds is 5. The predicted octanol–water partition coefficient (Wildman–Crippen LogP) is 2.15. The highest BCUT2D eigenvalue weighted by atomic mass is 32.2. The van der Waals surface area contributed by atoms with Gasteiger partial charge < -0.3 is 10.3 Å². The number of nitrogens with zero attached hydrogens (tertiary/aromatic N) is 1. The Balaban J connectivity index is 2.13. The van der Waals surface area contributed by atoms with Gasteiger partial charge in [0.1, 0.15) is 5.75 Å². The summed E-state index contributed by atoms with van der Waals surface area (Å²) in [5.74, 6) is -1.16. The fourth-order valence-electron chi connectivity index (χ4n) is 2.03. The molecule has 0 fully saturated rings. The van der Waals surface area contributed by atoms with Crippen LogP contribution in [-0.2, 0) is 14.6 Å². The molecule has 0 aliphatic carbocycles. The number of H-pyrrole nitrogens is 1. The third-order valence-electron chi connectivity index (χ3n) is 3.09. The molecule has 0 spiro atoms. The lowest BCUT2D eigenvalue weighted by Crippen LogP contribution is -2.39. The van der Waals surface area contributed by atoms with Crippen molar-refractivity contribution >= 4 is 27.1 Å². The van der Waals surface area contributed by atoms with E-state index in [0.717, 1.165) is 4.88 Å². The number of imidazole rings is 1. The Morgan fingerprint density at radius 2 is 2.18 bits per heavy atom. The molecule has 8 heteroatoms. The van der Waals surface area contributed by atoms with Gasteiger partial charge in [0.2, 0.25) is 20.9 Å². The van der Waals surface area contributed by atoms with Crippen molar-refractivity contribution in [2.75, 3.05) is 5.75 Å². The number of hydrogen-bond donors (Lipinski definition) is 2. The SMILES string of the molecule is CC(C)(C)[C@H](NC(=O)CS(=O)(=O)c1ncc[nH]1)c1cccs1. The van der Waals surface area contributed by atoms with E-state index in [0.29, 0.717) is 0 Å². The third kappa shape index (κ3) is 3.95. The zero-order chi connectivity index (χ0) is 16.4. The highest BCUT2D eigenvalue weighted by Gasteiger charge is 2.30. The Hall–Kier alpha value is -1.67. The Labute approximate surface area is 133 Å². The van der Waals surface area contributed by atoms with Crippen LogP contribution in [0, 0.1) is 5.41 Å². The maximum atomic E-state index is 12.2. The molecule has 0 radical (unpaired) electrons. The van der Waals surface area contributed by atoms with E-state index >= 15 is 0 Å². The molecule has 120 valence electrons. The molecule has 0 aromatic carbocycles. The molecule has 0 saturated carbocycles. The first kappa shape index (κ1) is 16.7. The average molecular weight is 341 g/mol. The molecule has 2 N–H and O–H groups in total. The highest BCUT2D eigenvalue weighted by molar-refractivity contribution is 7.91. The number of sulfone groups is 1. The normalized spacial score (nSPS) is 13.8. The van der Waals surface area contributed by atoms with Crippen LogP contribution >= 0.6 is 11.3 Å². The molecule has 2 rings (SSSR count). The van der Waals surface area contributed by atoms with Crippen molar-refractivity contribution in [3.05, 3.63) is 34.8 Å². The number of aromatic nitrogens is 2. The van der Waals surface area contributed by atoms with Gasteiger partial charge in [-0.1, -0.05) is 26.8 Å². The second-order valence-corrected chi connectivity index (χ2v) is 8.92. The summed E-state index contributed by atoms with van der Waals surface area (Å²) in [7, 11) is -3.75. The van der Waals surface area contributed by atoms with Gasteiger partial charge in [-0.25, -0.2) is 13.4 Å². The number of aromatic amines is 1. The smallest absolute Gasteiger partial charge is 0.236 e. The van der Waals surface area contributed by atoms with Gasteiger partial charge in [-0.3, -0.25) is 4.79 Å². The van der Waals surface area contributed by atoms with Crippen LogP contribution in [0.25, 0.3) is 0 Å². The summed E-state index contributed by atoms with van der Waals surface area (Å²) in [4.78, 5) is 19.4. The molecule has 0 saturated heterocycles. The number of amides is 1. The molecule has 0 bridgehead atoms.